The van der Waals surface area contributed by atoms with Crippen LogP contribution in [0.1, 0.15) is 18.4 Å². The molecule has 3 fully saturated rings. The molecule has 5 heterocycles. The molecule has 0 amide bonds. The second-order valence-corrected chi connectivity index (χ2v) is 8.02. The summed E-state index contributed by atoms with van der Waals surface area (Å²) in [6.07, 6.45) is 5.97. The standard InChI is InChI=1S/C22H25N5O/c1-15-11-16(14-23-13-15)21-24-20-4-3-18(12-19(20)22(28)25(21)2)27-10-9-26-7-5-17(27)6-8-26/h3-4,11-14,17H,5-10H2,1-2H3. The summed E-state index contributed by atoms with van der Waals surface area (Å²) in [5, 5.41) is 0.684. The van der Waals surface area contributed by atoms with E-state index in [-0.39, 0.29) is 5.56 Å². The predicted molar refractivity (Wildman–Crippen MR) is 112 cm³/mol. The van der Waals surface area contributed by atoms with Crippen LogP contribution in [-0.2, 0) is 7.05 Å². The molecule has 0 N–H and O–H groups in total. The summed E-state index contributed by atoms with van der Waals surface area (Å²) in [7, 11) is 1.79. The van der Waals surface area contributed by atoms with Crippen molar-refractivity contribution in [3.63, 3.8) is 0 Å². The first kappa shape index (κ1) is 17.4. The predicted octanol–water partition coefficient (Wildman–Crippen LogP) is 2.59. The van der Waals surface area contributed by atoms with Gasteiger partial charge < -0.3 is 9.80 Å². The van der Waals surface area contributed by atoms with Gasteiger partial charge in [0.15, 0.2) is 0 Å². The number of rotatable bonds is 2. The topological polar surface area (TPSA) is 54.3 Å². The van der Waals surface area contributed by atoms with E-state index in [0.29, 0.717) is 17.3 Å². The van der Waals surface area contributed by atoms with Gasteiger partial charge in [0.2, 0.25) is 0 Å². The third-order valence-corrected chi connectivity index (χ3v) is 6.18. The number of aromatic nitrogens is 3. The van der Waals surface area contributed by atoms with Crippen LogP contribution in [0, 0.1) is 6.92 Å². The first-order valence-electron chi connectivity index (χ1n) is 10.0. The highest BCUT2D eigenvalue weighted by Crippen LogP contribution is 2.29. The largest absolute Gasteiger partial charge is 0.367 e. The van der Waals surface area contributed by atoms with E-state index in [1.54, 1.807) is 24.0 Å². The van der Waals surface area contributed by atoms with Crippen molar-refractivity contribution >= 4 is 16.6 Å². The molecular weight excluding hydrogens is 350 g/mol. The van der Waals surface area contributed by atoms with Crippen LogP contribution in [0.4, 0.5) is 5.69 Å². The molecule has 0 atom stereocenters. The maximum atomic E-state index is 13.1. The zero-order valence-electron chi connectivity index (χ0n) is 16.4. The lowest BCUT2D eigenvalue weighted by Gasteiger charge is -2.33. The molecule has 0 aliphatic carbocycles. The number of benzene rings is 1. The van der Waals surface area contributed by atoms with Gasteiger partial charge in [0.1, 0.15) is 5.82 Å². The Morgan fingerprint density at radius 3 is 2.64 bits per heavy atom. The van der Waals surface area contributed by atoms with Crippen molar-refractivity contribution in [2.24, 2.45) is 7.05 Å². The smallest absolute Gasteiger partial charge is 0.261 e. The Bertz CT molecular complexity index is 1100. The third kappa shape index (κ3) is 2.88. The lowest BCUT2D eigenvalue weighted by molar-refractivity contribution is 0.250. The molecule has 3 aromatic rings. The van der Waals surface area contributed by atoms with Crippen LogP contribution < -0.4 is 10.5 Å². The number of aryl methyl sites for hydroxylation is 1. The van der Waals surface area contributed by atoms with Gasteiger partial charge in [-0.1, -0.05) is 0 Å². The third-order valence-electron chi connectivity index (χ3n) is 6.18. The minimum absolute atomic E-state index is 0.00812. The van der Waals surface area contributed by atoms with Crippen LogP contribution in [0.2, 0.25) is 0 Å². The molecule has 0 spiro atoms. The van der Waals surface area contributed by atoms with Gasteiger partial charge in [-0.15, -0.1) is 0 Å². The number of hydrogen-bond donors (Lipinski definition) is 0. The minimum Gasteiger partial charge on any atom is -0.367 e. The van der Waals surface area contributed by atoms with Gasteiger partial charge in [-0.2, -0.15) is 0 Å². The fourth-order valence-electron chi connectivity index (χ4n) is 4.60. The van der Waals surface area contributed by atoms with Crippen molar-refractivity contribution in [2.75, 3.05) is 31.1 Å². The van der Waals surface area contributed by atoms with Crippen molar-refractivity contribution in [3.8, 4) is 11.4 Å². The molecule has 6 heteroatoms. The van der Waals surface area contributed by atoms with Gasteiger partial charge in [-0.05, 0) is 49.6 Å². The van der Waals surface area contributed by atoms with Gasteiger partial charge in [0.25, 0.3) is 5.56 Å². The van der Waals surface area contributed by atoms with E-state index in [0.717, 1.165) is 35.4 Å². The SMILES string of the molecule is Cc1cncc(-c2nc3ccc(N4CCN5CCC4CC5)cc3c(=O)n2C)c1. The van der Waals surface area contributed by atoms with Crippen LogP contribution >= 0.6 is 0 Å². The summed E-state index contributed by atoms with van der Waals surface area (Å²) < 4.78 is 1.64. The highest BCUT2D eigenvalue weighted by Gasteiger charge is 2.29. The number of pyridine rings is 1. The lowest BCUT2D eigenvalue weighted by Crippen LogP contribution is -2.38. The van der Waals surface area contributed by atoms with E-state index in [4.69, 9.17) is 4.98 Å². The van der Waals surface area contributed by atoms with E-state index >= 15 is 0 Å². The highest BCUT2D eigenvalue weighted by atomic mass is 16.1. The molecule has 3 aliphatic heterocycles. The average molecular weight is 375 g/mol. The van der Waals surface area contributed by atoms with Crippen LogP contribution in [0.15, 0.2) is 41.5 Å². The van der Waals surface area contributed by atoms with E-state index in [1.165, 1.54) is 25.9 Å². The van der Waals surface area contributed by atoms with Crippen molar-refractivity contribution < 1.29 is 0 Å². The van der Waals surface area contributed by atoms with Gasteiger partial charge in [-0.25, -0.2) is 4.98 Å². The first-order chi connectivity index (χ1) is 13.6. The maximum absolute atomic E-state index is 13.1. The molecule has 6 nitrogen and oxygen atoms in total. The maximum Gasteiger partial charge on any atom is 0.261 e. The number of hydrogen-bond acceptors (Lipinski definition) is 5. The Balaban J connectivity index is 1.60. The van der Waals surface area contributed by atoms with Crippen molar-refractivity contribution in [3.05, 3.63) is 52.6 Å². The van der Waals surface area contributed by atoms with Gasteiger partial charge in [0, 0.05) is 62.9 Å². The Kier molecular flexibility index (Phi) is 4.16. The molecule has 144 valence electrons. The van der Waals surface area contributed by atoms with Gasteiger partial charge in [0.05, 0.1) is 10.9 Å². The molecule has 3 saturated heterocycles. The molecule has 6 rings (SSSR count). The molecule has 2 aromatic heterocycles. The van der Waals surface area contributed by atoms with E-state index in [2.05, 4.69) is 20.9 Å². The lowest BCUT2D eigenvalue weighted by atomic mass is 10.0. The summed E-state index contributed by atoms with van der Waals surface area (Å²) in [5.74, 6) is 0.655. The Morgan fingerprint density at radius 1 is 1.04 bits per heavy atom. The van der Waals surface area contributed by atoms with Crippen LogP contribution in [0.3, 0.4) is 0 Å². The summed E-state index contributed by atoms with van der Waals surface area (Å²) in [5.41, 5.74) is 3.79. The molecule has 2 bridgehead atoms. The zero-order chi connectivity index (χ0) is 19.3. The Hall–Kier alpha value is -2.73. The highest BCUT2D eigenvalue weighted by molar-refractivity contribution is 5.83. The fraction of sp³-hybridized carbons (Fsp3) is 0.409. The van der Waals surface area contributed by atoms with Gasteiger partial charge in [-0.3, -0.25) is 14.3 Å². The monoisotopic (exact) mass is 375 g/mol. The number of anilines is 1. The second kappa shape index (κ2) is 6.71. The minimum atomic E-state index is -0.00812. The quantitative estimate of drug-likeness (QED) is 0.689. The number of piperidine rings is 1. The van der Waals surface area contributed by atoms with E-state index < -0.39 is 0 Å². The van der Waals surface area contributed by atoms with Crippen LogP contribution in [0.25, 0.3) is 22.3 Å². The summed E-state index contributed by atoms with van der Waals surface area (Å²) in [6.45, 7) is 6.49. The van der Waals surface area contributed by atoms with E-state index in [9.17, 15) is 4.79 Å². The van der Waals surface area contributed by atoms with Gasteiger partial charge >= 0.3 is 0 Å². The number of fused-ring (bicyclic) bond motifs is 5. The first-order valence-corrected chi connectivity index (χ1v) is 10.0. The summed E-state index contributed by atoms with van der Waals surface area (Å²) in [6, 6.07) is 8.75. The molecular formula is C22H25N5O. The summed E-state index contributed by atoms with van der Waals surface area (Å²) in [4.78, 5) is 27.2. The number of nitrogens with zero attached hydrogens (tertiary/aromatic N) is 5. The molecule has 1 aromatic carbocycles. The molecule has 0 unspecified atom stereocenters. The van der Waals surface area contributed by atoms with Crippen molar-refractivity contribution in [1.82, 2.24) is 19.4 Å². The second-order valence-electron chi connectivity index (χ2n) is 8.02. The molecule has 0 radical (unpaired) electrons. The van der Waals surface area contributed by atoms with Crippen molar-refractivity contribution in [1.29, 1.82) is 0 Å². The van der Waals surface area contributed by atoms with Crippen LogP contribution in [0.5, 0.6) is 0 Å². The fourth-order valence-corrected chi connectivity index (χ4v) is 4.60. The zero-order valence-corrected chi connectivity index (χ0v) is 16.4. The summed E-state index contributed by atoms with van der Waals surface area (Å²) >= 11 is 0. The average Bonchev–Trinajstić information content (AvgIpc) is 3.04. The molecule has 3 aliphatic rings. The Labute approximate surface area is 164 Å². The normalized spacial score (nSPS) is 21.9. The molecule has 0 saturated carbocycles. The van der Waals surface area contributed by atoms with Crippen LogP contribution in [-0.4, -0.2) is 51.7 Å². The Morgan fingerprint density at radius 2 is 1.86 bits per heavy atom. The molecule has 28 heavy (non-hydrogen) atoms. The van der Waals surface area contributed by atoms with Crippen molar-refractivity contribution in [2.45, 2.75) is 25.8 Å². The van der Waals surface area contributed by atoms with E-state index in [1.807, 2.05) is 25.1 Å².